The molecule has 2 saturated heterocycles. The van der Waals surface area contributed by atoms with Crippen LogP contribution in [0.25, 0.3) is 0 Å². The van der Waals surface area contributed by atoms with E-state index >= 15 is 0 Å². The summed E-state index contributed by atoms with van der Waals surface area (Å²) in [7, 11) is 0. The van der Waals surface area contributed by atoms with Gasteiger partial charge in [-0.25, -0.2) is 0 Å². The quantitative estimate of drug-likeness (QED) is 0.776. The molecule has 0 bridgehead atoms. The third-order valence-electron chi connectivity index (χ3n) is 4.13. The molecule has 5 heteroatoms. The largest absolute Gasteiger partial charge is 0.396 e. The molecule has 5 nitrogen and oxygen atoms in total. The van der Waals surface area contributed by atoms with E-state index in [0.29, 0.717) is 25.4 Å². The van der Waals surface area contributed by atoms with Crippen LogP contribution < -0.4 is 0 Å². The van der Waals surface area contributed by atoms with Crippen LogP contribution in [-0.4, -0.2) is 59.5 Å². The fraction of sp³-hybridized carbons (Fsp3) is 0.846. The molecule has 0 spiro atoms. The third-order valence-corrected chi connectivity index (χ3v) is 4.13. The van der Waals surface area contributed by atoms with Gasteiger partial charge in [0, 0.05) is 39.2 Å². The monoisotopic (exact) mass is 254 g/mol. The summed E-state index contributed by atoms with van der Waals surface area (Å²) in [6.45, 7) is 4.87. The summed E-state index contributed by atoms with van der Waals surface area (Å²) in [6, 6.07) is 0. The van der Waals surface area contributed by atoms with Crippen LogP contribution in [0.4, 0.5) is 0 Å². The lowest BCUT2D eigenvalue weighted by molar-refractivity contribution is -0.137. The van der Waals surface area contributed by atoms with Crippen molar-refractivity contribution in [2.75, 3.05) is 32.8 Å². The first-order valence-electron chi connectivity index (χ1n) is 6.83. The molecule has 2 aliphatic heterocycles. The van der Waals surface area contributed by atoms with Gasteiger partial charge in [-0.2, -0.15) is 0 Å². The van der Waals surface area contributed by atoms with Gasteiger partial charge < -0.3 is 14.9 Å². The van der Waals surface area contributed by atoms with Gasteiger partial charge in [-0.3, -0.25) is 9.59 Å². The number of likely N-dealkylation sites (tertiary alicyclic amines) is 2. The summed E-state index contributed by atoms with van der Waals surface area (Å²) < 4.78 is 0. The van der Waals surface area contributed by atoms with Crippen LogP contribution >= 0.6 is 0 Å². The molecule has 2 aliphatic rings. The van der Waals surface area contributed by atoms with Gasteiger partial charge in [0.15, 0.2) is 0 Å². The maximum absolute atomic E-state index is 12.3. The second kappa shape index (κ2) is 5.69. The van der Waals surface area contributed by atoms with Crippen LogP contribution in [0, 0.1) is 11.8 Å². The number of hydrogen-bond acceptors (Lipinski definition) is 3. The van der Waals surface area contributed by atoms with Gasteiger partial charge in [0.1, 0.15) is 0 Å². The van der Waals surface area contributed by atoms with Crippen LogP contribution in [0.5, 0.6) is 0 Å². The number of amides is 2. The predicted molar refractivity (Wildman–Crippen MR) is 66.8 cm³/mol. The molecule has 1 atom stereocenters. The van der Waals surface area contributed by atoms with Crippen molar-refractivity contribution in [2.24, 2.45) is 11.8 Å². The summed E-state index contributed by atoms with van der Waals surface area (Å²) >= 11 is 0. The Labute approximate surface area is 108 Å². The van der Waals surface area contributed by atoms with E-state index in [4.69, 9.17) is 5.11 Å². The Balaban J connectivity index is 1.87. The van der Waals surface area contributed by atoms with E-state index in [9.17, 15) is 9.59 Å². The first-order valence-corrected chi connectivity index (χ1v) is 6.83. The van der Waals surface area contributed by atoms with Gasteiger partial charge in [-0.15, -0.1) is 0 Å². The highest BCUT2D eigenvalue weighted by Crippen LogP contribution is 2.23. The van der Waals surface area contributed by atoms with Gasteiger partial charge in [0.05, 0.1) is 5.92 Å². The number of rotatable bonds is 3. The minimum Gasteiger partial charge on any atom is -0.396 e. The Hall–Kier alpha value is -1.10. The maximum atomic E-state index is 12.3. The van der Waals surface area contributed by atoms with Crippen molar-refractivity contribution >= 4 is 11.8 Å². The number of piperidine rings is 1. The number of carbonyl (C=O) groups is 2. The molecule has 2 fully saturated rings. The van der Waals surface area contributed by atoms with E-state index in [1.54, 1.807) is 4.90 Å². The molecule has 0 aliphatic carbocycles. The smallest absolute Gasteiger partial charge is 0.227 e. The zero-order chi connectivity index (χ0) is 13.1. The lowest BCUT2D eigenvalue weighted by Gasteiger charge is -2.32. The second-order valence-electron chi connectivity index (χ2n) is 5.28. The zero-order valence-corrected chi connectivity index (χ0v) is 11.0. The Morgan fingerprint density at radius 1 is 1.39 bits per heavy atom. The van der Waals surface area contributed by atoms with Crippen molar-refractivity contribution in [3.63, 3.8) is 0 Å². The average molecular weight is 254 g/mol. The highest BCUT2D eigenvalue weighted by Gasteiger charge is 2.36. The molecule has 1 unspecified atom stereocenters. The molecule has 2 amide bonds. The molecule has 0 saturated carbocycles. The van der Waals surface area contributed by atoms with Crippen molar-refractivity contribution in [1.29, 1.82) is 0 Å². The Bertz CT molecular complexity index is 324. The van der Waals surface area contributed by atoms with Crippen molar-refractivity contribution in [3.8, 4) is 0 Å². The molecule has 0 aromatic carbocycles. The average Bonchev–Trinajstić information content (AvgIpc) is 2.79. The van der Waals surface area contributed by atoms with Gasteiger partial charge in [-0.1, -0.05) is 0 Å². The molecule has 18 heavy (non-hydrogen) atoms. The molecule has 0 radical (unpaired) electrons. The van der Waals surface area contributed by atoms with Crippen molar-refractivity contribution in [3.05, 3.63) is 0 Å². The van der Waals surface area contributed by atoms with Gasteiger partial charge in [0.25, 0.3) is 0 Å². The minimum atomic E-state index is -0.150. The number of hydrogen-bond donors (Lipinski definition) is 1. The summed E-state index contributed by atoms with van der Waals surface area (Å²) in [5, 5.41) is 9.07. The molecule has 1 N–H and O–H groups in total. The van der Waals surface area contributed by atoms with Crippen molar-refractivity contribution in [1.82, 2.24) is 9.80 Å². The number of aliphatic hydroxyl groups excluding tert-OH is 1. The highest BCUT2D eigenvalue weighted by molar-refractivity contribution is 5.89. The molecule has 0 aromatic rings. The molecular formula is C13H22N2O3. The molecule has 2 rings (SSSR count). The number of carbonyl (C=O) groups excluding carboxylic acids is 2. The topological polar surface area (TPSA) is 60.9 Å². The number of nitrogens with zero attached hydrogens (tertiary/aromatic N) is 2. The molecule has 0 aromatic heterocycles. The standard InChI is InChI=1S/C13H22N2O3/c1-2-14-8-11(7-12(14)17)13(18)15-5-3-10(9-16)4-6-15/h10-11,16H,2-9H2,1H3. The summed E-state index contributed by atoms with van der Waals surface area (Å²) in [6.07, 6.45) is 2.12. The summed E-state index contributed by atoms with van der Waals surface area (Å²) in [5.41, 5.74) is 0. The first kappa shape index (κ1) is 13.3. The highest BCUT2D eigenvalue weighted by atomic mass is 16.3. The van der Waals surface area contributed by atoms with Crippen LogP contribution in [-0.2, 0) is 9.59 Å². The van der Waals surface area contributed by atoms with E-state index in [1.807, 2.05) is 11.8 Å². The molecule has 102 valence electrons. The summed E-state index contributed by atoms with van der Waals surface area (Å²) in [5.74, 6) is 0.409. The molecular weight excluding hydrogens is 232 g/mol. The van der Waals surface area contributed by atoms with Crippen LogP contribution in [0.3, 0.4) is 0 Å². The third kappa shape index (κ3) is 2.66. The maximum Gasteiger partial charge on any atom is 0.227 e. The van der Waals surface area contributed by atoms with Crippen LogP contribution in [0.2, 0.25) is 0 Å². The summed E-state index contributed by atoms with van der Waals surface area (Å²) in [4.78, 5) is 27.5. The van der Waals surface area contributed by atoms with Gasteiger partial charge >= 0.3 is 0 Å². The Kier molecular flexibility index (Phi) is 4.22. The lowest BCUT2D eigenvalue weighted by atomic mass is 9.96. The lowest BCUT2D eigenvalue weighted by Crippen LogP contribution is -2.43. The normalized spacial score (nSPS) is 25.9. The second-order valence-corrected chi connectivity index (χ2v) is 5.28. The molecule has 2 heterocycles. The first-order chi connectivity index (χ1) is 8.65. The minimum absolute atomic E-state index is 0.0982. The van der Waals surface area contributed by atoms with E-state index in [0.717, 1.165) is 25.9 Å². The van der Waals surface area contributed by atoms with E-state index in [-0.39, 0.29) is 24.3 Å². The van der Waals surface area contributed by atoms with E-state index in [2.05, 4.69) is 0 Å². The fourth-order valence-corrected chi connectivity index (χ4v) is 2.84. The zero-order valence-electron chi connectivity index (χ0n) is 11.0. The fourth-order valence-electron chi connectivity index (χ4n) is 2.84. The van der Waals surface area contributed by atoms with Gasteiger partial charge in [-0.05, 0) is 25.7 Å². The van der Waals surface area contributed by atoms with Gasteiger partial charge in [0.2, 0.25) is 11.8 Å². The number of aliphatic hydroxyl groups is 1. The Morgan fingerprint density at radius 3 is 2.56 bits per heavy atom. The van der Waals surface area contributed by atoms with Crippen LogP contribution in [0.1, 0.15) is 26.2 Å². The SMILES string of the molecule is CCN1CC(C(=O)N2CCC(CO)CC2)CC1=O. The van der Waals surface area contributed by atoms with E-state index in [1.165, 1.54) is 0 Å². The van der Waals surface area contributed by atoms with E-state index < -0.39 is 0 Å². The van der Waals surface area contributed by atoms with Crippen molar-refractivity contribution < 1.29 is 14.7 Å². The van der Waals surface area contributed by atoms with Crippen molar-refractivity contribution in [2.45, 2.75) is 26.2 Å². The predicted octanol–water partition coefficient (Wildman–Crippen LogP) is 0.0857. The van der Waals surface area contributed by atoms with Crippen LogP contribution in [0.15, 0.2) is 0 Å². The Morgan fingerprint density at radius 2 is 2.06 bits per heavy atom.